The molecule has 1 saturated heterocycles. The van der Waals surface area contributed by atoms with Crippen LogP contribution in [0.1, 0.15) is 28.8 Å². The molecule has 0 aliphatic carbocycles. The summed E-state index contributed by atoms with van der Waals surface area (Å²) in [5.41, 5.74) is 1.47. The molecule has 4 rings (SSSR count). The monoisotopic (exact) mass is 352 g/mol. The smallest absolute Gasteiger partial charge is 0.255 e. The van der Waals surface area contributed by atoms with E-state index in [1.54, 1.807) is 19.2 Å². The van der Waals surface area contributed by atoms with Crippen LogP contribution in [-0.4, -0.2) is 43.2 Å². The molecule has 1 amide bonds. The number of carbonyl (C=O) groups is 1. The maximum atomic E-state index is 12.5. The quantitative estimate of drug-likeness (QED) is 0.923. The van der Waals surface area contributed by atoms with Gasteiger partial charge in [-0.3, -0.25) is 9.69 Å². The number of hydrogen-bond donors (Lipinski definition) is 1. The van der Waals surface area contributed by atoms with Crippen LogP contribution in [0.25, 0.3) is 0 Å². The van der Waals surface area contributed by atoms with Gasteiger partial charge in [-0.15, -0.1) is 0 Å². The minimum atomic E-state index is -0.402. The Kier molecular flexibility index (Phi) is 4.55. The number of nitrogens with one attached hydrogen (secondary N) is 1. The number of piperidine rings is 1. The van der Waals surface area contributed by atoms with Gasteiger partial charge < -0.3 is 14.8 Å². The molecule has 0 aromatic heterocycles. The highest BCUT2D eigenvalue weighted by Crippen LogP contribution is 2.34. The van der Waals surface area contributed by atoms with E-state index in [1.807, 2.05) is 12.1 Å². The van der Waals surface area contributed by atoms with Crippen molar-refractivity contribution >= 4 is 5.91 Å². The van der Waals surface area contributed by atoms with Gasteiger partial charge in [0.1, 0.15) is 17.1 Å². The Hall–Kier alpha value is -2.53. The molecule has 1 spiro atoms. The Morgan fingerprint density at radius 3 is 2.88 bits per heavy atom. The van der Waals surface area contributed by atoms with E-state index in [-0.39, 0.29) is 5.91 Å². The molecule has 2 aromatic rings. The number of nitrogens with zero attached hydrogens (tertiary/aromatic N) is 1. The van der Waals surface area contributed by atoms with Gasteiger partial charge in [-0.25, -0.2) is 0 Å². The van der Waals surface area contributed by atoms with Crippen LogP contribution in [0.2, 0.25) is 0 Å². The Balaban J connectivity index is 1.57. The second-order valence-corrected chi connectivity index (χ2v) is 7.13. The van der Waals surface area contributed by atoms with Crippen molar-refractivity contribution < 1.29 is 14.3 Å². The van der Waals surface area contributed by atoms with Gasteiger partial charge in [-0.1, -0.05) is 30.3 Å². The molecule has 1 atom stereocenters. The number of fused-ring (bicyclic) bond motifs is 1. The van der Waals surface area contributed by atoms with Crippen LogP contribution in [0.3, 0.4) is 0 Å². The summed E-state index contributed by atoms with van der Waals surface area (Å²) in [6, 6.07) is 15.9. The molecule has 5 heteroatoms. The molecular weight excluding hydrogens is 328 g/mol. The first-order valence-electron chi connectivity index (χ1n) is 9.09. The van der Waals surface area contributed by atoms with Crippen molar-refractivity contribution in [2.24, 2.45) is 0 Å². The van der Waals surface area contributed by atoms with E-state index in [1.165, 1.54) is 5.56 Å². The number of amides is 1. The van der Waals surface area contributed by atoms with Gasteiger partial charge in [-0.2, -0.15) is 0 Å². The van der Waals surface area contributed by atoms with E-state index in [0.717, 1.165) is 32.5 Å². The number of likely N-dealkylation sites (tertiary alicyclic amines) is 1. The molecule has 26 heavy (non-hydrogen) atoms. The highest BCUT2D eigenvalue weighted by molar-refractivity contribution is 5.97. The SMILES string of the molecule is COc1ccc2c(c1)O[C@@]1(CCCN(Cc3ccccc3)C1)CNC2=O. The molecule has 2 heterocycles. The summed E-state index contributed by atoms with van der Waals surface area (Å²) in [7, 11) is 1.62. The van der Waals surface area contributed by atoms with Crippen LogP contribution >= 0.6 is 0 Å². The maximum Gasteiger partial charge on any atom is 0.255 e. The van der Waals surface area contributed by atoms with E-state index in [9.17, 15) is 4.79 Å². The number of rotatable bonds is 3. The van der Waals surface area contributed by atoms with Crippen LogP contribution < -0.4 is 14.8 Å². The molecule has 5 nitrogen and oxygen atoms in total. The Bertz CT molecular complexity index is 793. The summed E-state index contributed by atoms with van der Waals surface area (Å²) in [4.78, 5) is 14.9. The van der Waals surface area contributed by atoms with Gasteiger partial charge in [0.05, 0.1) is 19.2 Å². The lowest BCUT2D eigenvalue weighted by molar-refractivity contribution is -0.00714. The summed E-state index contributed by atoms with van der Waals surface area (Å²) >= 11 is 0. The van der Waals surface area contributed by atoms with Crippen LogP contribution in [0.5, 0.6) is 11.5 Å². The zero-order valence-corrected chi connectivity index (χ0v) is 15.0. The Labute approximate surface area is 153 Å². The van der Waals surface area contributed by atoms with Gasteiger partial charge in [0.25, 0.3) is 5.91 Å². The first kappa shape index (κ1) is 16.9. The van der Waals surface area contributed by atoms with Crippen molar-refractivity contribution in [2.45, 2.75) is 25.0 Å². The third kappa shape index (κ3) is 3.40. The third-order valence-electron chi connectivity index (χ3n) is 5.20. The Morgan fingerprint density at radius 1 is 1.23 bits per heavy atom. The molecule has 2 aliphatic heterocycles. The second-order valence-electron chi connectivity index (χ2n) is 7.13. The average Bonchev–Trinajstić information content (AvgIpc) is 2.79. The normalized spacial score (nSPS) is 22.9. The molecular formula is C21H24N2O3. The van der Waals surface area contributed by atoms with Gasteiger partial charge in [0, 0.05) is 19.2 Å². The number of methoxy groups -OCH3 is 1. The molecule has 0 unspecified atom stereocenters. The third-order valence-corrected chi connectivity index (χ3v) is 5.20. The second kappa shape index (κ2) is 7.00. The van der Waals surface area contributed by atoms with Gasteiger partial charge in [0.2, 0.25) is 0 Å². The lowest BCUT2D eigenvalue weighted by Gasteiger charge is -2.42. The highest BCUT2D eigenvalue weighted by atomic mass is 16.5. The van der Waals surface area contributed by atoms with E-state index < -0.39 is 5.60 Å². The van der Waals surface area contributed by atoms with E-state index in [2.05, 4.69) is 34.5 Å². The van der Waals surface area contributed by atoms with Crippen molar-refractivity contribution in [1.82, 2.24) is 10.2 Å². The first-order chi connectivity index (χ1) is 12.7. The lowest BCUT2D eigenvalue weighted by atomic mass is 9.92. The largest absolute Gasteiger partial charge is 0.497 e. The summed E-state index contributed by atoms with van der Waals surface area (Å²) in [6.45, 7) is 3.25. The van der Waals surface area contributed by atoms with Gasteiger partial charge >= 0.3 is 0 Å². The zero-order chi connectivity index (χ0) is 18.0. The number of benzene rings is 2. The molecule has 2 aromatic carbocycles. The molecule has 0 saturated carbocycles. The fraction of sp³-hybridized carbons (Fsp3) is 0.381. The first-order valence-corrected chi connectivity index (χ1v) is 9.09. The van der Waals surface area contributed by atoms with Crippen molar-refractivity contribution in [2.75, 3.05) is 26.7 Å². The predicted molar refractivity (Wildman–Crippen MR) is 99.6 cm³/mol. The topological polar surface area (TPSA) is 50.8 Å². The van der Waals surface area contributed by atoms with Crippen molar-refractivity contribution in [1.29, 1.82) is 0 Å². The zero-order valence-electron chi connectivity index (χ0n) is 15.0. The number of hydrogen-bond acceptors (Lipinski definition) is 4. The molecule has 1 N–H and O–H groups in total. The Morgan fingerprint density at radius 2 is 2.08 bits per heavy atom. The van der Waals surface area contributed by atoms with E-state index >= 15 is 0 Å². The van der Waals surface area contributed by atoms with Crippen LogP contribution in [0.15, 0.2) is 48.5 Å². The van der Waals surface area contributed by atoms with E-state index in [4.69, 9.17) is 9.47 Å². The summed E-state index contributed by atoms with van der Waals surface area (Å²) in [6.07, 6.45) is 1.97. The lowest BCUT2D eigenvalue weighted by Crippen LogP contribution is -2.56. The molecule has 0 radical (unpaired) electrons. The standard InChI is InChI=1S/C21H24N2O3/c1-25-17-8-9-18-19(12-17)26-21(14-22-20(18)24)10-5-11-23(15-21)13-16-6-3-2-4-7-16/h2-4,6-9,12H,5,10-11,13-15H2,1H3,(H,22,24)/t21-/m0/s1. The summed E-state index contributed by atoms with van der Waals surface area (Å²) in [5.74, 6) is 1.23. The van der Waals surface area contributed by atoms with E-state index in [0.29, 0.717) is 23.6 Å². The predicted octanol–water partition coefficient (Wildman–Crippen LogP) is 2.85. The molecule has 136 valence electrons. The minimum absolute atomic E-state index is 0.0836. The van der Waals surface area contributed by atoms with Crippen molar-refractivity contribution in [3.05, 3.63) is 59.7 Å². The summed E-state index contributed by atoms with van der Waals surface area (Å²) in [5, 5.41) is 3.05. The molecule has 0 bridgehead atoms. The number of ether oxygens (including phenoxy) is 2. The summed E-state index contributed by atoms with van der Waals surface area (Å²) < 4.78 is 11.8. The van der Waals surface area contributed by atoms with Crippen molar-refractivity contribution in [3.8, 4) is 11.5 Å². The van der Waals surface area contributed by atoms with Crippen LogP contribution in [0, 0.1) is 0 Å². The van der Waals surface area contributed by atoms with Crippen LogP contribution in [0.4, 0.5) is 0 Å². The van der Waals surface area contributed by atoms with Crippen LogP contribution in [-0.2, 0) is 6.54 Å². The molecule has 1 fully saturated rings. The van der Waals surface area contributed by atoms with Gasteiger partial charge in [-0.05, 0) is 37.1 Å². The maximum absolute atomic E-state index is 12.5. The minimum Gasteiger partial charge on any atom is -0.497 e. The average molecular weight is 352 g/mol. The highest BCUT2D eigenvalue weighted by Gasteiger charge is 2.40. The molecule has 2 aliphatic rings. The van der Waals surface area contributed by atoms with Crippen molar-refractivity contribution in [3.63, 3.8) is 0 Å². The fourth-order valence-corrected chi connectivity index (χ4v) is 3.90. The van der Waals surface area contributed by atoms with Gasteiger partial charge in [0.15, 0.2) is 0 Å². The fourth-order valence-electron chi connectivity index (χ4n) is 3.90. The number of carbonyl (C=O) groups excluding carboxylic acids is 1.